The number of nitrogens with one attached hydrogen (secondary N) is 1. The number of anilines is 1. The number of pyridine rings is 1. The fourth-order valence-electron chi connectivity index (χ4n) is 3.25. The molecule has 0 radical (unpaired) electrons. The molecule has 3 aromatic rings. The van der Waals surface area contributed by atoms with Crippen molar-refractivity contribution in [2.75, 3.05) is 18.0 Å². The lowest BCUT2D eigenvalue weighted by atomic mass is 10.1. The van der Waals surface area contributed by atoms with Gasteiger partial charge in [0.15, 0.2) is 10.8 Å². The molecule has 1 aliphatic heterocycles. The highest BCUT2D eigenvalue weighted by atomic mass is 32.1. The van der Waals surface area contributed by atoms with Gasteiger partial charge in [-0.25, -0.2) is 9.37 Å². The predicted molar refractivity (Wildman–Crippen MR) is 109 cm³/mol. The molecule has 0 saturated carbocycles. The van der Waals surface area contributed by atoms with Crippen molar-refractivity contribution in [1.29, 1.82) is 0 Å². The van der Waals surface area contributed by atoms with Crippen LogP contribution in [0, 0.1) is 5.82 Å². The molecule has 2 amide bonds. The van der Waals surface area contributed by atoms with Crippen LogP contribution in [0.15, 0.2) is 48.8 Å². The quantitative estimate of drug-likeness (QED) is 0.701. The molecule has 29 heavy (non-hydrogen) atoms. The van der Waals surface area contributed by atoms with Crippen LogP contribution in [0.25, 0.3) is 0 Å². The van der Waals surface area contributed by atoms with Gasteiger partial charge in [0, 0.05) is 30.4 Å². The summed E-state index contributed by atoms with van der Waals surface area (Å²) in [6.07, 6.45) is 5.29. The predicted octanol–water partition coefficient (Wildman–Crippen LogP) is 3.24. The van der Waals surface area contributed by atoms with Gasteiger partial charge in [-0.05, 0) is 49.1 Å². The van der Waals surface area contributed by atoms with Gasteiger partial charge in [0.25, 0.3) is 11.8 Å². The third-order valence-corrected chi connectivity index (χ3v) is 5.76. The van der Waals surface area contributed by atoms with Crippen molar-refractivity contribution in [3.05, 3.63) is 75.6 Å². The van der Waals surface area contributed by atoms with Gasteiger partial charge in [0.2, 0.25) is 0 Å². The SMILES string of the molecule is O=C(NCCc1cccc(F)c1)c1nc2c(s1)CCCN2C(=O)c1cccnc1. The van der Waals surface area contributed by atoms with Crippen LogP contribution in [0.5, 0.6) is 0 Å². The summed E-state index contributed by atoms with van der Waals surface area (Å²) in [6.45, 7) is 0.940. The third kappa shape index (κ3) is 4.32. The van der Waals surface area contributed by atoms with E-state index in [1.54, 1.807) is 29.3 Å². The summed E-state index contributed by atoms with van der Waals surface area (Å²) in [6, 6.07) is 9.75. The molecule has 1 N–H and O–H groups in total. The number of amides is 2. The molecule has 0 fully saturated rings. The van der Waals surface area contributed by atoms with E-state index in [2.05, 4.69) is 15.3 Å². The average molecular weight is 410 g/mol. The molecule has 148 valence electrons. The van der Waals surface area contributed by atoms with Crippen LogP contribution in [0.3, 0.4) is 0 Å². The Labute approximate surface area is 171 Å². The lowest BCUT2D eigenvalue weighted by Gasteiger charge is -2.25. The zero-order valence-corrected chi connectivity index (χ0v) is 16.4. The van der Waals surface area contributed by atoms with E-state index in [-0.39, 0.29) is 17.6 Å². The number of carbonyl (C=O) groups excluding carboxylic acids is 2. The van der Waals surface area contributed by atoms with E-state index in [0.717, 1.165) is 23.3 Å². The summed E-state index contributed by atoms with van der Waals surface area (Å²) < 4.78 is 13.2. The molecular formula is C21H19FN4O2S. The monoisotopic (exact) mass is 410 g/mol. The first kappa shape index (κ1) is 19.2. The number of halogens is 1. The van der Waals surface area contributed by atoms with Crippen molar-refractivity contribution >= 4 is 29.0 Å². The van der Waals surface area contributed by atoms with E-state index in [4.69, 9.17) is 0 Å². The average Bonchev–Trinajstić information content (AvgIpc) is 3.18. The minimum absolute atomic E-state index is 0.164. The van der Waals surface area contributed by atoms with Crippen molar-refractivity contribution in [3.63, 3.8) is 0 Å². The van der Waals surface area contributed by atoms with Crippen LogP contribution in [0.4, 0.5) is 10.2 Å². The fourth-order valence-corrected chi connectivity index (χ4v) is 4.27. The van der Waals surface area contributed by atoms with E-state index in [9.17, 15) is 14.0 Å². The Bertz CT molecular complexity index is 1040. The van der Waals surface area contributed by atoms with Gasteiger partial charge in [-0.3, -0.25) is 19.5 Å². The maximum Gasteiger partial charge on any atom is 0.280 e. The van der Waals surface area contributed by atoms with Gasteiger partial charge in [-0.1, -0.05) is 12.1 Å². The molecule has 0 spiro atoms. The van der Waals surface area contributed by atoms with E-state index >= 15 is 0 Å². The number of nitrogens with zero attached hydrogens (tertiary/aromatic N) is 3. The second-order valence-electron chi connectivity index (χ2n) is 6.70. The highest BCUT2D eigenvalue weighted by Gasteiger charge is 2.28. The second-order valence-corrected chi connectivity index (χ2v) is 7.79. The minimum Gasteiger partial charge on any atom is -0.350 e. The molecule has 0 saturated heterocycles. The van der Waals surface area contributed by atoms with E-state index in [1.165, 1.54) is 29.7 Å². The van der Waals surface area contributed by atoms with Crippen LogP contribution in [-0.2, 0) is 12.8 Å². The summed E-state index contributed by atoms with van der Waals surface area (Å²) in [5, 5.41) is 3.16. The van der Waals surface area contributed by atoms with E-state index < -0.39 is 0 Å². The number of aromatic nitrogens is 2. The Morgan fingerprint density at radius 3 is 2.93 bits per heavy atom. The summed E-state index contributed by atoms with van der Waals surface area (Å²) in [7, 11) is 0. The Balaban J connectivity index is 1.44. The number of hydrogen-bond donors (Lipinski definition) is 1. The molecule has 0 bridgehead atoms. The molecule has 0 unspecified atom stereocenters. The summed E-state index contributed by atoms with van der Waals surface area (Å²) >= 11 is 1.32. The smallest absolute Gasteiger partial charge is 0.280 e. The van der Waals surface area contributed by atoms with Gasteiger partial charge in [-0.15, -0.1) is 11.3 Å². The van der Waals surface area contributed by atoms with Gasteiger partial charge >= 0.3 is 0 Å². The standard InChI is InChI=1S/C21H19FN4O2S/c22-16-6-1-4-14(12-16)8-10-24-19(27)20-25-18-17(29-20)7-3-11-26(18)21(28)15-5-2-9-23-13-15/h1-2,4-6,9,12-13H,3,7-8,10-11H2,(H,24,27). The molecule has 2 aromatic heterocycles. The molecule has 0 atom stereocenters. The molecule has 3 heterocycles. The fraction of sp³-hybridized carbons (Fsp3) is 0.238. The summed E-state index contributed by atoms with van der Waals surface area (Å²) in [5.74, 6) is -0.179. The zero-order valence-electron chi connectivity index (χ0n) is 15.6. The second kappa shape index (κ2) is 8.48. The van der Waals surface area contributed by atoms with Crippen LogP contribution in [0.1, 0.15) is 37.0 Å². The topological polar surface area (TPSA) is 75.2 Å². The lowest BCUT2D eigenvalue weighted by molar-refractivity contribution is 0.0949. The van der Waals surface area contributed by atoms with Crippen LogP contribution >= 0.6 is 11.3 Å². The number of carbonyl (C=O) groups is 2. The first-order valence-electron chi connectivity index (χ1n) is 9.36. The van der Waals surface area contributed by atoms with Crippen molar-refractivity contribution < 1.29 is 14.0 Å². The van der Waals surface area contributed by atoms with Crippen molar-refractivity contribution in [2.24, 2.45) is 0 Å². The maximum atomic E-state index is 13.2. The highest BCUT2D eigenvalue weighted by Crippen LogP contribution is 2.32. The summed E-state index contributed by atoms with van der Waals surface area (Å²) in [5.41, 5.74) is 1.31. The first-order valence-corrected chi connectivity index (χ1v) is 10.2. The molecule has 0 aliphatic carbocycles. The largest absolute Gasteiger partial charge is 0.350 e. The number of hydrogen-bond acceptors (Lipinski definition) is 5. The Hall–Kier alpha value is -3.13. The maximum absolute atomic E-state index is 13.2. The van der Waals surface area contributed by atoms with E-state index in [1.807, 2.05) is 6.07 Å². The number of benzene rings is 1. The summed E-state index contributed by atoms with van der Waals surface area (Å²) in [4.78, 5) is 36.3. The third-order valence-electron chi connectivity index (χ3n) is 4.65. The van der Waals surface area contributed by atoms with Crippen LogP contribution < -0.4 is 10.2 Å². The number of rotatable bonds is 5. The Morgan fingerprint density at radius 1 is 1.24 bits per heavy atom. The van der Waals surface area contributed by atoms with Gasteiger partial charge in [0.1, 0.15) is 5.82 Å². The molecule has 1 aromatic carbocycles. The molecule has 8 heteroatoms. The lowest BCUT2D eigenvalue weighted by Crippen LogP contribution is -2.35. The number of aryl methyl sites for hydroxylation is 1. The van der Waals surface area contributed by atoms with Crippen LogP contribution in [0.2, 0.25) is 0 Å². The minimum atomic E-state index is -0.292. The van der Waals surface area contributed by atoms with Crippen molar-refractivity contribution in [2.45, 2.75) is 19.3 Å². The van der Waals surface area contributed by atoms with Gasteiger partial charge in [-0.2, -0.15) is 0 Å². The zero-order chi connectivity index (χ0) is 20.2. The Morgan fingerprint density at radius 2 is 2.14 bits per heavy atom. The van der Waals surface area contributed by atoms with Crippen molar-refractivity contribution in [1.82, 2.24) is 15.3 Å². The Kier molecular flexibility index (Phi) is 5.62. The van der Waals surface area contributed by atoms with Gasteiger partial charge < -0.3 is 5.32 Å². The number of thiazole rings is 1. The first-order chi connectivity index (χ1) is 14.1. The molecule has 1 aliphatic rings. The van der Waals surface area contributed by atoms with Crippen LogP contribution in [-0.4, -0.2) is 34.9 Å². The molecule has 4 rings (SSSR count). The number of fused-ring (bicyclic) bond motifs is 1. The normalized spacial score (nSPS) is 13.1. The highest BCUT2D eigenvalue weighted by molar-refractivity contribution is 7.14. The molecular weight excluding hydrogens is 391 g/mol. The van der Waals surface area contributed by atoms with Gasteiger partial charge in [0.05, 0.1) is 5.56 Å². The van der Waals surface area contributed by atoms with Crippen molar-refractivity contribution in [3.8, 4) is 0 Å². The molecule has 6 nitrogen and oxygen atoms in total. The van der Waals surface area contributed by atoms with E-state index in [0.29, 0.717) is 35.9 Å².